The first-order chi connectivity index (χ1) is 9.79. The van der Waals surface area contributed by atoms with Gasteiger partial charge in [0.25, 0.3) is 5.89 Å². The molecule has 1 unspecified atom stereocenters. The molecule has 0 amide bonds. The van der Waals surface area contributed by atoms with E-state index in [2.05, 4.69) is 32.4 Å². The van der Waals surface area contributed by atoms with E-state index >= 15 is 0 Å². The number of nitrogens with one attached hydrogen (secondary N) is 1. The Labute approximate surface area is 118 Å². The minimum Gasteiger partial charge on any atom is -0.332 e. The van der Waals surface area contributed by atoms with Crippen molar-refractivity contribution in [2.45, 2.75) is 19.4 Å². The summed E-state index contributed by atoms with van der Waals surface area (Å²) in [6, 6.07) is 2.10. The summed E-state index contributed by atoms with van der Waals surface area (Å²) >= 11 is 0. The first-order valence-electron chi connectivity index (χ1n) is 7.06. The molecule has 0 saturated carbocycles. The molecule has 3 heterocycles. The van der Waals surface area contributed by atoms with Crippen LogP contribution in [0.15, 0.2) is 16.8 Å². The van der Waals surface area contributed by atoms with Crippen molar-refractivity contribution in [2.24, 2.45) is 7.05 Å². The third kappa shape index (κ3) is 2.46. The first kappa shape index (κ1) is 13.3. The van der Waals surface area contributed by atoms with Gasteiger partial charge in [0.2, 0.25) is 0 Å². The van der Waals surface area contributed by atoms with E-state index in [1.807, 2.05) is 13.1 Å². The van der Waals surface area contributed by atoms with Gasteiger partial charge in [-0.15, -0.1) is 0 Å². The average Bonchev–Trinajstić information content (AvgIpc) is 3.10. The highest BCUT2D eigenvalue weighted by molar-refractivity contribution is 5.45. The van der Waals surface area contributed by atoms with Gasteiger partial charge in [-0.1, -0.05) is 12.1 Å². The Morgan fingerprint density at radius 1 is 1.40 bits per heavy atom. The molecule has 2 aromatic rings. The molecule has 1 atom stereocenters. The number of aromatic nitrogens is 4. The molecule has 0 radical (unpaired) electrons. The van der Waals surface area contributed by atoms with Crippen molar-refractivity contribution in [2.75, 3.05) is 26.2 Å². The summed E-state index contributed by atoms with van der Waals surface area (Å²) in [5.74, 6) is 1.30. The maximum Gasteiger partial charge on any atom is 0.276 e. The van der Waals surface area contributed by atoms with E-state index in [1.165, 1.54) is 0 Å². The SMILES string of the molecule is CCC(c1noc(-c2ccnn2C)n1)N1CCNCC1. The van der Waals surface area contributed by atoms with Crippen molar-refractivity contribution in [3.05, 3.63) is 18.1 Å². The predicted octanol–water partition coefficient (Wildman–Crippen LogP) is 0.826. The van der Waals surface area contributed by atoms with Crippen LogP contribution in [-0.2, 0) is 7.05 Å². The lowest BCUT2D eigenvalue weighted by Gasteiger charge is -2.32. The number of hydrogen-bond donors (Lipinski definition) is 1. The zero-order valence-corrected chi connectivity index (χ0v) is 11.9. The second-order valence-corrected chi connectivity index (χ2v) is 5.01. The molecule has 2 aromatic heterocycles. The summed E-state index contributed by atoms with van der Waals surface area (Å²) in [6.07, 6.45) is 2.71. The number of nitrogens with zero attached hydrogens (tertiary/aromatic N) is 5. The van der Waals surface area contributed by atoms with E-state index in [0.29, 0.717) is 5.89 Å². The molecule has 108 valence electrons. The highest BCUT2D eigenvalue weighted by Gasteiger charge is 2.25. The van der Waals surface area contributed by atoms with E-state index in [-0.39, 0.29) is 6.04 Å². The Morgan fingerprint density at radius 3 is 2.85 bits per heavy atom. The van der Waals surface area contributed by atoms with E-state index in [1.54, 1.807) is 10.9 Å². The molecule has 7 nitrogen and oxygen atoms in total. The monoisotopic (exact) mass is 276 g/mol. The molecule has 0 spiro atoms. The summed E-state index contributed by atoms with van der Waals surface area (Å²) in [4.78, 5) is 6.97. The fourth-order valence-corrected chi connectivity index (χ4v) is 2.66. The summed E-state index contributed by atoms with van der Waals surface area (Å²) in [7, 11) is 1.87. The molecule has 0 bridgehead atoms. The second-order valence-electron chi connectivity index (χ2n) is 5.01. The fourth-order valence-electron chi connectivity index (χ4n) is 2.66. The minimum absolute atomic E-state index is 0.225. The van der Waals surface area contributed by atoms with Gasteiger partial charge in [-0.25, -0.2) is 0 Å². The topological polar surface area (TPSA) is 72.0 Å². The number of aryl methyl sites for hydroxylation is 1. The Balaban J connectivity index is 1.82. The predicted molar refractivity (Wildman–Crippen MR) is 74.0 cm³/mol. The highest BCUT2D eigenvalue weighted by atomic mass is 16.5. The molecule has 1 saturated heterocycles. The van der Waals surface area contributed by atoms with Crippen LogP contribution in [0.4, 0.5) is 0 Å². The maximum absolute atomic E-state index is 5.40. The van der Waals surface area contributed by atoms with Gasteiger partial charge in [-0.2, -0.15) is 10.1 Å². The van der Waals surface area contributed by atoms with Crippen LogP contribution < -0.4 is 5.32 Å². The second kappa shape index (κ2) is 5.72. The van der Waals surface area contributed by atoms with Gasteiger partial charge < -0.3 is 9.84 Å². The minimum atomic E-state index is 0.225. The Kier molecular flexibility index (Phi) is 3.79. The van der Waals surface area contributed by atoms with Crippen LogP contribution in [0.2, 0.25) is 0 Å². The van der Waals surface area contributed by atoms with Gasteiger partial charge >= 0.3 is 0 Å². The van der Waals surface area contributed by atoms with Gasteiger partial charge in [-0.3, -0.25) is 9.58 Å². The Hall–Kier alpha value is -1.73. The van der Waals surface area contributed by atoms with Crippen LogP contribution in [0.25, 0.3) is 11.6 Å². The fraction of sp³-hybridized carbons (Fsp3) is 0.615. The van der Waals surface area contributed by atoms with E-state index in [4.69, 9.17) is 4.52 Å². The smallest absolute Gasteiger partial charge is 0.276 e. The van der Waals surface area contributed by atoms with Crippen LogP contribution >= 0.6 is 0 Å². The van der Waals surface area contributed by atoms with Gasteiger partial charge in [0.05, 0.1) is 6.04 Å². The molecular formula is C13H20N6O. The number of hydrogen-bond acceptors (Lipinski definition) is 6. The maximum atomic E-state index is 5.40. The summed E-state index contributed by atoms with van der Waals surface area (Å²) in [5.41, 5.74) is 0.846. The van der Waals surface area contributed by atoms with Gasteiger partial charge in [0, 0.05) is 39.4 Å². The summed E-state index contributed by atoms with van der Waals surface area (Å²) in [5, 5.41) is 11.7. The molecule has 20 heavy (non-hydrogen) atoms. The van der Waals surface area contributed by atoms with Crippen LogP contribution in [-0.4, -0.2) is 51.0 Å². The molecule has 3 rings (SSSR count). The average molecular weight is 276 g/mol. The largest absolute Gasteiger partial charge is 0.332 e. The molecule has 1 N–H and O–H groups in total. The first-order valence-corrected chi connectivity index (χ1v) is 7.06. The lowest BCUT2D eigenvalue weighted by Crippen LogP contribution is -2.45. The standard InChI is InChI=1S/C13H20N6O/c1-3-10(19-8-6-14-7-9-19)12-16-13(20-17-12)11-4-5-15-18(11)2/h4-5,10,14H,3,6-9H2,1-2H3. The molecule has 1 fully saturated rings. The van der Waals surface area contributed by atoms with Crippen LogP contribution in [0.3, 0.4) is 0 Å². The van der Waals surface area contributed by atoms with Gasteiger partial charge in [0.1, 0.15) is 5.69 Å². The van der Waals surface area contributed by atoms with E-state index in [0.717, 1.165) is 44.1 Å². The van der Waals surface area contributed by atoms with Crippen molar-refractivity contribution in [1.29, 1.82) is 0 Å². The van der Waals surface area contributed by atoms with Crippen molar-refractivity contribution in [3.63, 3.8) is 0 Å². The van der Waals surface area contributed by atoms with Crippen molar-refractivity contribution >= 4 is 0 Å². The third-order valence-corrected chi connectivity index (χ3v) is 3.76. The highest BCUT2D eigenvalue weighted by Crippen LogP contribution is 2.24. The molecule has 7 heteroatoms. The number of piperazine rings is 1. The van der Waals surface area contributed by atoms with Gasteiger partial charge in [0.15, 0.2) is 5.82 Å². The van der Waals surface area contributed by atoms with Crippen molar-refractivity contribution < 1.29 is 4.52 Å². The molecule has 0 aliphatic carbocycles. The Morgan fingerprint density at radius 2 is 2.20 bits per heavy atom. The van der Waals surface area contributed by atoms with Gasteiger partial charge in [-0.05, 0) is 12.5 Å². The number of rotatable bonds is 4. The van der Waals surface area contributed by atoms with Crippen LogP contribution in [0.5, 0.6) is 0 Å². The summed E-state index contributed by atoms with van der Waals surface area (Å²) < 4.78 is 7.14. The lowest BCUT2D eigenvalue weighted by atomic mass is 10.1. The normalized spacial score (nSPS) is 18.3. The lowest BCUT2D eigenvalue weighted by molar-refractivity contribution is 0.160. The molecule has 1 aliphatic heterocycles. The third-order valence-electron chi connectivity index (χ3n) is 3.76. The zero-order chi connectivity index (χ0) is 13.9. The molecule has 1 aliphatic rings. The van der Waals surface area contributed by atoms with E-state index in [9.17, 15) is 0 Å². The quantitative estimate of drug-likeness (QED) is 0.891. The van der Waals surface area contributed by atoms with E-state index < -0.39 is 0 Å². The Bertz CT molecular complexity index is 557. The summed E-state index contributed by atoms with van der Waals surface area (Å²) in [6.45, 7) is 6.24. The van der Waals surface area contributed by atoms with Crippen LogP contribution in [0.1, 0.15) is 25.2 Å². The van der Waals surface area contributed by atoms with Crippen molar-refractivity contribution in [3.8, 4) is 11.6 Å². The zero-order valence-electron chi connectivity index (χ0n) is 11.9. The molecular weight excluding hydrogens is 256 g/mol. The molecule has 0 aromatic carbocycles. The van der Waals surface area contributed by atoms with Crippen molar-refractivity contribution in [1.82, 2.24) is 30.1 Å². The van der Waals surface area contributed by atoms with Crippen LogP contribution in [0, 0.1) is 0 Å².